The van der Waals surface area contributed by atoms with Gasteiger partial charge in [0.1, 0.15) is 6.04 Å². The van der Waals surface area contributed by atoms with Gasteiger partial charge in [-0.2, -0.15) is 5.26 Å². The molecule has 1 atom stereocenters. The first-order valence-electron chi connectivity index (χ1n) is 8.18. The third kappa shape index (κ3) is 5.47. The van der Waals surface area contributed by atoms with Gasteiger partial charge in [0.15, 0.2) is 0 Å². The average Bonchev–Trinajstić information content (AvgIpc) is 2.64. The number of carboxylic acid groups (broad SMARTS) is 1. The van der Waals surface area contributed by atoms with Gasteiger partial charge in [-0.1, -0.05) is 42.5 Å². The summed E-state index contributed by atoms with van der Waals surface area (Å²) in [6.07, 6.45) is 1.91. The molecule has 0 saturated heterocycles. The molecule has 5 nitrogen and oxygen atoms in total. The molecule has 0 aliphatic rings. The molecule has 0 unspecified atom stereocenters. The van der Waals surface area contributed by atoms with Crippen molar-refractivity contribution in [3.63, 3.8) is 0 Å². The van der Waals surface area contributed by atoms with Crippen LogP contribution < -0.4 is 5.32 Å². The van der Waals surface area contributed by atoms with Gasteiger partial charge in [0.05, 0.1) is 6.07 Å². The van der Waals surface area contributed by atoms with Crippen LogP contribution in [-0.4, -0.2) is 23.0 Å². The van der Waals surface area contributed by atoms with E-state index >= 15 is 0 Å². The van der Waals surface area contributed by atoms with Crippen molar-refractivity contribution in [2.75, 3.05) is 0 Å². The minimum Gasteiger partial charge on any atom is -0.480 e. The second-order valence-electron chi connectivity index (χ2n) is 5.71. The van der Waals surface area contributed by atoms with Crippen LogP contribution in [0.2, 0.25) is 0 Å². The van der Waals surface area contributed by atoms with Crippen LogP contribution in [0.5, 0.6) is 0 Å². The fourth-order valence-corrected chi connectivity index (χ4v) is 2.50. The Morgan fingerprint density at radius 2 is 1.64 bits per heavy atom. The van der Waals surface area contributed by atoms with Crippen LogP contribution in [0.25, 0.3) is 11.1 Å². The SMILES string of the molecule is N#CCCCC[C@@H](NC(=O)c1ccc(-c2ccccc2)cc1)C(=O)O. The van der Waals surface area contributed by atoms with Crippen molar-refractivity contribution < 1.29 is 14.7 Å². The molecule has 128 valence electrons. The number of hydrogen-bond acceptors (Lipinski definition) is 3. The summed E-state index contributed by atoms with van der Waals surface area (Å²) in [5, 5.41) is 20.3. The van der Waals surface area contributed by atoms with Crippen molar-refractivity contribution >= 4 is 11.9 Å². The van der Waals surface area contributed by atoms with E-state index in [9.17, 15) is 14.7 Å². The highest BCUT2D eigenvalue weighted by Gasteiger charge is 2.20. The van der Waals surface area contributed by atoms with E-state index in [0.717, 1.165) is 11.1 Å². The molecule has 0 spiro atoms. The number of nitrogens with zero attached hydrogens (tertiary/aromatic N) is 1. The summed E-state index contributed by atoms with van der Waals surface area (Å²) >= 11 is 0. The van der Waals surface area contributed by atoms with E-state index in [0.29, 0.717) is 31.2 Å². The van der Waals surface area contributed by atoms with Gasteiger partial charge >= 0.3 is 5.97 Å². The van der Waals surface area contributed by atoms with Crippen LogP contribution in [0.1, 0.15) is 36.0 Å². The van der Waals surface area contributed by atoms with E-state index in [1.807, 2.05) is 48.5 Å². The normalized spacial score (nSPS) is 11.3. The van der Waals surface area contributed by atoms with Crippen LogP contribution in [0, 0.1) is 11.3 Å². The van der Waals surface area contributed by atoms with Gasteiger partial charge in [-0.15, -0.1) is 0 Å². The monoisotopic (exact) mass is 336 g/mol. The fourth-order valence-electron chi connectivity index (χ4n) is 2.50. The van der Waals surface area contributed by atoms with E-state index in [1.54, 1.807) is 12.1 Å². The lowest BCUT2D eigenvalue weighted by Crippen LogP contribution is -2.40. The zero-order valence-corrected chi connectivity index (χ0v) is 13.8. The average molecular weight is 336 g/mol. The van der Waals surface area contributed by atoms with Crippen LogP contribution in [0.3, 0.4) is 0 Å². The first-order valence-corrected chi connectivity index (χ1v) is 8.18. The van der Waals surface area contributed by atoms with E-state index in [2.05, 4.69) is 5.32 Å². The summed E-state index contributed by atoms with van der Waals surface area (Å²) in [5.41, 5.74) is 2.46. The topological polar surface area (TPSA) is 90.2 Å². The van der Waals surface area contributed by atoms with Gasteiger partial charge in [0, 0.05) is 12.0 Å². The number of carbonyl (C=O) groups excluding carboxylic acids is 1. The lowest BCUT2D eigenvalue weighted by atomic mass is 10.0. The number of carbonyl (C=O) groups is 2. The summed E-state index contributed by atoms with van der Waals surface area (Å²) in [4.78, 5) is 23.6. The summed E-state index contributed by atoms with van der Waals surface area (Å²) in [7, 11) is 0. The molecular formula is C20H20N2O3. The zero-order valence-electron chi connectivity index (χ0n) is 13.8. The number of aliphatic carboxylic acids is 1. The molecule has 0 aromatic heterocycles. The molecule has 2 rings (SSSR count). The number of amides is 1. The number of nitrogens with one attached hydrogen (secondary N) is 1. The van der Waals surface area contributed by atoms with E-state index < -0.39 is 17.9 Å². The quantitative estimate of drug-likeness (QED) is 0.720. The third-order valence-corrected chi connectivity index (χ3v) is 3.89. The largest absolute Gasteiger partial charge is 0.480 e. The number of unbranched alkanes of at least 4 members (excludes halogenated alkanes) is 2. The Bertz CT molecular complexity index is 749. The lowest BCUT2D eigenvalue weighted by molar-refractivity contribution is -0.139. The first kappa shape index (κ1) is 18.2. The molecule has 0 saturated carbocycles. The number of hydrogen-bond donors (Lipinski definition) is 2. The van der Waals surface area contributed by atoms with E-state index in [4.69, 9.17) is 5.26 Å². The number of rotatable bonds is 8. The molecule has 2 aromatic rings. The molecule has 2 N–H and O–H groups in total. The van der Waals surface area contributed by atoms with E-state index in [-0.39, 0.29) is 0 Å². The number of carboxylic acids is 1. The van der Waals surface area contributed by atoms with Crippen LogP contribution >= 0.6 is 0 Å². The van der Waals surface area contributed by atoms with Crippen molar-refractivity contribution in [3.8, 4) is 17.2 Å². The van der Waals surface area contributed by atoms with Gasteiger partial charge in [-0.25, -0.2) is 4.79 Å². The summed E-state index contributed by atoms with van der Waals surface area (Å²) in [6, 6.07) is 17.9. The van der Waals surface area contributed by atoms with Crippen molar-refractivity contribution in [1.82, 2.24) is 5.32 Å². The van der Waals surface area contributed by atoms with Gasteiger partial charge in [0.2, 0.25) is 0 Å². The van der Waals surface area contributed by atoms with Gasteiger partial charge < -0.3 is 10.4 Å². The van der Waals surface area contributed by atoms with Crippen LogP contribution in [0.4, 0.5) is 0 Å². The Balaban J connectivity index is 1.99. The minimum atomic E-state index is -1.06. The third-order valence-electron chi connectivity index (χ3n) is 3.89. The maximum Gasteiger partial charge on any atom is 0.326 e. The first-order chi connectivity index (χ1) is 12.1. The van der Waals surface area contributed by atoms with Crippen molar-refractivity contribution in [1.29, 1.82) is 5.26 Å². The molecule has 25 heavy (non-hydrogen) atoms. The summed E-state index contributed by atoms with van der Waals surface area (Å²) < 4.78 is 0. The molecule has 5 heteroatoms. The Labute approximate surface area is 146 Å². The molecule has 0 fully saturated rings. The molecule has 1 amide bonds. The Morgan fingerprint density at radius 1 is 1.00 bits per heavy atom. The number of nitriles is 1. The predicted molar refractivity (Wildman–Crippen MR) is 94.8 cm³/mol. The van der Waals surface area contributed by atoms with Crippen LogP contribution in [-0.2, 0) is 4.79 Å². The van der Waals surface area contributed by atoms with Crippen molar-refractivity contribution in [3.05, 3.63) is 60.2 Å². The maximum absolute atomic E-state index is 12.3. The second kappa shape index (κ2) is 9.24. The Kier molecular flexibility index (Phi) is 6.73. The fraction of sp³-hybridized carbons (Fsp3) is 0.250. The van der Waals surface area contributed by atoms with Gasteiger partial charge in [-0.05, 0) is 42.5 Å². The molecule has 2 aromatic carbocycles. The van der Waals surface area contributed by atoms with Crippen molar-refractivity contribution in [2.24, 2.45) is 0 Å². The Morgan fingerprint density at radius 3 is 2.24 bits per heavy atom. The molecule has 0 heterocycles. The van der Waals surface area contributed by atoms with E-state index in [1.165, 1.54) is 0 Å². The smallest absolute Gasteiger partial charge is 0.326 e. The molecule has 0 radical (unpaired) electrons. The second-order valence-corrected chi connectivity index (χ2v) is 5.71. The molecule has 0 aliphatic heterocycles. The minimum absolute atomic E-state index is 0.310. The summed E-state index contributed by atoms with van der Waals surface area (Å²) in [5.74, 6) is -1.47. The highest BCUT2D eigenvalue weighted by molar-refractivity contribution is 5.97. The highest BCUT2D eigenvalue weighted by atomic mass is 16.4. The molecular weight excluding hydrogens is 316 g/mol. The number of benzene rings is 2. The maximum atomic E-state index is 12.3. The Hall–Kier alpha value is -3.13. The predicted octanol–water partition coefficient (Wildman–Crippen LogP) is 3.62. The van der Waals surface area contributed by atoms with Gasteiger partial charge in [0.25, 0.3) is 5.91 Å². The highest BCUT2D eigenvalue weighted by Crippen LogP contribution is 2.19. The zero-order chi connectivity index (χ0) is 18.1. The lowest BCUT2D eigenvalue weighted by Gasteiger charge is -2.14. The standard InChI is InChI=1S/C20H20N2O3/c21-14-6-2-5-9-18(20(24)25)22-19(23)17-12-10-16(11-13-17)15-7-3-1-4-8-15/h1,3-4,7-8,10-13,18H,2,5-6,9H2,(H,22,23)(H,24,25)/t18-/m1/s1. The van der Waals surface area contributed by atoms with Gasteiger partial charge in [-0.3, -0.25) is 4.79 Å². The molecule has 0 bridgehead atoms. The van der Waals surface area contributed by atoms with Crippen LogP contribution in [0.15, 0.2) is 54.6 Å². The summed E-state index contributed by atoms with van der Waals surface area (Å²) in [6.45, 7) is 0. The molecule has 0 aliphatic carbocycles. The van der Waals surface area contributed by atoms with Crippen molar-refractivity contribution in [2.45, 2.75) is 31.7 Å².